The number of hydrogen-bond acceptors (Lipinski definition) is 7. The van der Waals surface area contributed by atoms with Gasteiger partial charge in [0.25, 0.3) is 11.8 Å². The lowest BCUT2D eigenvalue weighted by molar-refractivity contribution is -0.115. The third kappa shape index (κ3) is 7.99. The van der Waals surface area contributed by atoms with Gasteiger partial charge in [-0.15, -0.1) is 11.8 Å². The summed E-state index contributed by atoms with van der Waals surface area (Å²) in [5, 5.41) is 8.09. The molecule has 1 atom stereocenters. The lowest BCUT2D eigenvalue weighted by atomic mass is 10.2. The lowest BCUT2D eigenvalue weighted by Crippen LogP contribution is -2.30. The quantitative estimate of drug-likeness (QED) is 0.105. The fourth-order valence-electron chi connectivity index (χ4n) is 4.61. The number of nitrogens with zero attached hydrogens (tertiary/aromatic N) is 2. The van der Waals surface area contributed by atoms with Crippen LogP contribution in [0.2, 0.25) is 0 Å². The molecule has 3 N–H and O–H groups in total. The first-order valence-corrected chi connectivity index (χ1v) is 15.6. The summed E-state index contributed by atoms with van der Waals surface area (Å²) in [6.45, 7) is 1.81. The number of amides is 3. The number of benzene rings is 4. The second kappa shape index (κ2) is 14.4. The normalized spacial score (nSPS) is 11.9. The van der Waals surface area contributed by atoms with Gasteiger partial charge in [0.2, 0.25) is 11.8 Å². The highest BCUT2D eigenvalue weighted by Gasteiger charge is 2.18. The first-order chi connectivity index (χ1) is 22.9. The molecule has 0 aliphatic heterocycles. The zero-order valence-corrected chi connectivity index (χ0v) is 26.0. The molecule has 0 saturated carbocycles. The first-order valence-electron chi connectivity index (χ1n) is 14.7. The molecule has 6 rings (SSSR count). The number of oxazole rings is 1. The number of para-hydroxylation sites is 2. The van der Waals surface area contributed by atoms with Crippen LogP contribution >= 0.6 is 11.8 Å². The molecule has 4 aromatic carbocycles. The zero-order valence-electron chi connectivity index (χ0n) is 25.2. The molecule has 0 spiro atoms. The highest BCUT2D eigenvalue weighted by molar-refractivity contribution is 8.00. The number of aromatic nitrogens is 2. The van der Waals surface area contributed by atoms with Gasteiger partial charge in [-0.25, -0.2) is 4.98 Å². The topological polar surface area (TPSA) is 126 Å². The first kappa shape index (κ1) is 31.0. The Bertz CT molecular complexity index is 2030. The summed E-state index contributed by atoms with van der Waals surface area (Å²) in [5.41, 5.74) is 4.58. The Balaban J connectivity index is 1.09. The fraction of sp³-hybridized carbons (Fsp3) is 0.0541. The Morgan fingerprint density at radius 3 is 2.36 bits per heavy atom. The second-order valence-electron chi connectivity index (χ2n) is 10.5. The molecule has 10 heteroatoms. The predicted octanol–water partition coefficient (Wildman–Crippen LogP) is 7.42. The largest absolute Gasteiger partial charge is 0.436 e. The summed E-state index contributed by atoms with van der Waals surface area (Å²) in [5.74, 6) is -0.587. The van der Waals surface area contributed by atoms with Crippen molar-refractivity contribution in [2.24, 2.45) is 0 Å². The minimum absolute atomic E-state index is 0.0553. The lowest BCUT2D eigenvalue weighted by Gasteiger charge is -2.14. The summed E-state index contributed by atoms with van der Waals surface area (Å²) in [4.78, 5) is 48.7. The number of carbonyl (C=O) groups excluding carboxylic acids is 3. The Kier molecular flexibility index (Phi) is 9.50. The Morgan fingerprint density at radius 2 is 1.60 bits per heavy atom. The van der Waals surface area contributed by atoms with Crippen molar-refractivity contribution in [3.05, 3.63) is 144 Å². The van der Waals surface area contributed by atoms with Crippen molar-refractivity contribution in [2.75, 3.05) is 10.6 Å². The third-order valence-corrected chi connectivity index (χ3v) is 8.09. The van der Waals surface area contributed by atoms with Gasteiger partial charge in [-0.2, -0.15) is 0 Å². The van der Waals surface area contributed by atoms with E-state index in [1.807, 2.05) is 67.6 Å². The van der Waals surface area contributed by atoms with E-state index in [9.17, 15) is 14.4 Å². The number of nitrogens with one attached hydrogen (secondary N) is 3. The van der Waals surface area contributed by atoms with Crippen LogP contribution in [0.4, 0.5) is 11.4 Å². The number of anilines is 2. The number of fused-ring (bicyclic) bond motifs is 1. The number of pyridine rings is 1. The molecule has 0 fully saturated rings. The smallest absolute Gasteiger partial charge is 0.272 e. The van der Waals surface area contributed by atoms with Gasteiger partial charge >= 0.3 is 0 Å². The molecule has 2 aromatic heterocycles. The van der Waals surface area contributed by atoms with Crippen LogP contribution in [-0.2, 0) is 9.59 Å². The number of hydrogen-bond donors (Lipinski definition) is 3. The van der Waals surface area contributed by atoms with Gasteiger partial charge in [0.1, 0.15) is 11.2 Å². The van der Waals surface area contributed by atoms with E-state index >= 15 is 0 Å². The Morgan fingerprint density at radius 1 is 0.809 bits per heavy atom. The molecular formula is C37H29N5O4S. The SMILES string of the molecule is CC(Sc1cccc(NC(=O)/C(=C/c2cccnc2)NC(=O)c2ccccc2)c1)C(=O)Nc1ccc(-c2nc3ccccc3o2)cc1. The van der Waals surface area contributed by atoms with E-state index in [0.29, 0.717) is 34.0 Å². The van der Waals surface area contributed by atoms with Gasteiger partial charge in [-0.05, 0) is 91.4 Å². The van der Waals surface area contributed by atoms with Gasteiger partial charge in [0, 0.05) is 39.8 Å². The van der Waals surface area contributed by atoms with E-state index in [1.165, 1.54) is 11.8 Å². The number of rotatable bonds is 10. The van der Waals surface area contributed by atoms with Gasteiger partial charge in [-0.1, -0.05) is 42.5 Å². The molecule has 0 saturated heterocycles. The van der Waals surface area contributed by atoms with E-state index in [4.69, 9.17) is 4.42 Å². The van der Waals surface area contributed by atoms with Crippen molar-refractivity contribution < 1.29 is 18.8 Å². The van der Waals surface area contributed by atoms with E-state index in [2.05, 4.69) is 25.9 Å². The van der Waals surface area contributed by atoms with E-state index in [0.717, 1.165) is 16.0 Å². The van der Waals surface area contributed by atoms with Gasteiger partial charge in [0.05, 0.1) is 5.25 Å². The molecular weight excluding hydrogens is 611 g/mol. The molecule has 0 radical (unpaired) electrons. The summed E-state index contributed by atoms with van der Waals surface area (Å²) >= 11 is 1.35. The van der Waals surface area contributed by atoms with Gasteiger partial charge < -0.3 is 20.4 Å². The zero-order chi connectivity index (χ0) is 32.6. The highest BCUT2D eigenvalue weighted by atomic mass is 32.2. The molecule has 0 aliphatic carbocycles. The molecule has 47 heavy (non-hydrogen) atoms. The second-order valence-corrected chi connectivity index (χ2v) is 11.9. The monoisotopic (exact) mass is 639 g/mol. The van der Waals surface area contributed by atoms with Crippen molar-refractivity contribution in [3.8, 4) is 11.5 Å². The van der Waals surface area contributed by atoms with E-state index in [-0.39, 0.29) is 11.6 Å². The van der Waals surface area contributed by atoms with Crippen LogP contribution in [0.25, 0.3) is 28.6 Å². The average Bonchev–Trinajstić information content (AvgIpc) is 3.54. The van der Waals surface area contributed by atoms with Crippen LogP contribution in [0.15, 0.2) is 143 Å². The van der Waals surface area contributed by atoms with Crippen LogP contribution < -0.4 is 16.0 Å². The number of carbonyl (C=O) groups is 3. The van der Waals surface area contributed by atoms with E-state index < -0.39 is 17.1 Å². The minimum Gasteiger partial charge on any atom is -0.436 e. The van der Waals surface area contributed by atoms with Crippen LogP contribution in [0.5, 0.6) is 0 Å². The third-order valence-electron chi connectivity index (χ3n) is 6.99. The number of thioether (sulfide) groups is 1. The molecule has 0 aliphatic rings. The van der Waals surface area contributed by atoms with Crippen molar-refractivity contribution in [3.63, 3.8) is 0 Å². The molecule has 6 aromatic rings. The van der Waals surface area contributed by atoms with Gasteiger partial charge in [0.15, 0.2) is 5.58 Å². The fourth-order valence-corrected chi connectivity index (χ4v) is 5.54. The maximum atomic E-state index is 13.4. The molecule has 0 bridgehead atoms. The van der Waals surface area contributed by atoms with Crippen LogP contribution in [0, 0.1) is 0 Å². The standard InChI is InChI=1S/C37H29N5O4S/c1-24(34(43)39-28-18-16-27(17-19-28)37-42-31-14-5-6-15-33(31)46-37)47-30-13-7-12-29(22-30)40-36(45)32(21-25-9-8-20-38-23-25)41-35(44)26-10-3-2-4-11-26/h2-24H,1H3,(H,39,43)(H,40,45)(H,41,44)/b32-21-. The molecule has 232 valence electrons. The molecule has 2 heterocycles. The van der Waals surface area contributed by atoms with Crippen molar-refractivity contribution >= 4 is 58.0 Å². The predicted molar refractivity (Wildman–Crippen MR) is 185 cm³/mol. The maximum Gasteiger partial charge on any atom is 0.272 e. The average molecular weight is 640 g/mol. The van der Waals surface area contributed by atoms with Gasteiger partial charge in [-0.3, -0.25) is 19.4 Å². The van der Waals surface area contributed by atoms with Crippen molar-refractivity contribution in [2.45, 2.75) is 17.1 Å². The van der Waals surface area contributed by atoms with Crippen LogP contribution in [-0.4, -0.2) is 32.9 Å². The van der Waals surface area contributed by atoms with Crippen LogP contribution in [0.1, 0.15) is 22.8 Å². The minimum atomic E-state index is -0.507. The van der Waals surface area contributed by atoms with Crippen molar-refractivity contribution in [1.29, 1.82) is 0 Å². The van der Waals surface area contributed by atoms with Crippen LogP contribution in [0.3, 0.4) is 0 Å². The molecule has 3 amide bonds. The molecule has 9 nitrogen and oxygen atoms in total. The summed E-state index contributed by atoms with van der Waals surface area (Å²) in [6, 6.07) is 34.2. The Labute approximate surface area is 275 Å². The summed E-state index contributed by atoms with van der Waals surface area (Å²) < 4.78 is 5.84. The Hall–Kier alpha value is -6.00. The molecule has 1 unspecified atom stereocenters. The van der Waals surface area contributed by atoms with Crippen molar-refractivity contribution in [1.82, 2.24) is 15.3 Å². The summed E-state index contributed by atoms with van der Waals surface area (Å²) in [7, 11) is 0. The highest BCUT2D eigenvalue weighted by Crippen LogP contribution is 2.28. The maximum absolute atomic E-state index is 13.4. The van der Waals surface area contributed by atoms with E-state index in [1.54, 1.807) is 73.1 Å². The summed E-state index contributed by atoms with van der Waals surface area (Å²) in [6.07, 6.45) is 4.78.